The molecule has 5 heteroatoms. The van der Waals surface area contributed by atoms with E-state index >= 15 is 0 Å². The minimum absolute atomic E-state index is 0.214. The molecule has 1 heterocycles. The van der Waals surface area contributed by atoms with Crippen molar-refractivity contribution in [3.05, 3.63) is 96.1 Å². The van der Waals surface area contributed by atoms with Gasteiger partial charge >= 0.3 is 0 Å². The van der Waals surface area contributed by atoms with Crippen LogP contribution in [0.4, 0.5) is 10.1 Å². The van der Waals surface area contributed by atoms with Crippen molar-refractivity contribution in [1.82, 2.24) is 10.3 Å². The summed E-state index contributed by atoms with van der Waals surface area (Å²) in [4.78, 5) is 17.0. The van der Waals surface area contributed by atoms with Crippen molar-refractivity contribution in [2.45, 2.75) is 12.6 Å². The third kappa shape index (κ3) is 4.71. The highest BCUT2D eigenvalue weighted by Gasteiger charge is 2.20. The average molecular weight is 335 g/mol. The molecule has 1 aromatic heterocycles. The fraction of sp³-hybridized carbons (Fsp3) is 0.100. The summed E-state index contributed by atoms with van der Waals surface area (Å²) in [5.41, 5.74) is 2.24. The van der Waals surface area contributed by atoms with E-state index in [4.69, 9.17) is 0 Å². The van der Waals surface area contributed by atoms with Crippen molar-refractivity contribution in [2.75, 3.05) is 5.32 Å². The summed E-state index contributed by atoms with van der Waals surface area (Å²) >= 11 is 0. The maximum Gasteiger partial charge on any atom is 0.246 e. The van der Waals surface area contributed by atoms with Gasteiger partial charge in [0.2, 0.25) is 5.91 Å². The molecule has 0 aliphatic heterocycles. The van der Waals surface area contributed by atoms with E-state index in [9.17, 15) is 9.18 Å². The monoisotopic (exact) mass is 335 g/mol. The molecule has 1 atom stereocenters. The number of nitrogens with zero attached hydrogens (tertiary/aromatic N) is 1. The third-order valence-electron chi connectivity index (χ3n) is 3.72. The lowest BCUT2D eigenvalue weighted by atomic mass is 10.1. The third-order valence-corrected chi connectivity index (χ3v) is 3.72. The lowest BCUT2D eigenvalue weighted by Gasteiger charge is -2.19. The molecule has 2 N–H and O–H groups in total. The highest BCUT2D eigenvalue weighted by Crippen LogP contribution is 2.17. The molecule has 0 aliphatic carbocycles. The zero-order valence-corrected chi connectivity index (χ0v) is 13.5. The molecule has 1 amide bonds. The molecule has 0 bridgehead atoms. The number of aromatic nitrogens is 1. The summed E-state index contributed by atoms with van der Waals surface area (Å²) in [5.74, 6) is -0.556. The van der Waals surface area contributed by atoms with E-state index in [0.29, 0.717) is 12.2 Å². The van der Waals surface area contributed by atoms with Gasteiger partial charge in [-0.15, -0.1) is 0 Å². The van der Waals surface area contributed by atoms with Gasteiger partial charge in [-0.05, 0) is 42.0 Å². The van der Waals surface area contributed by atoms with Crippen molar-refractivity contribution in [1.29, 1.82) is 0 Å². The quantitative estimate of drug-likeness (QED) is 0.722. The molecule has 3 aromatic rings. The van der Waals surface area contributed by atoms with E-state index in [0.717, 1.165) is 11.3 Å². The van der Waals surface area contributed by atoms with Crippen LogP contribution in [-0.2, 0) is 11.3 Å². The van der Waals surface area contributed by atoms with Crippen LogP contribution < -0.4 is 10.6 Å². The summed E-state index contributed by atoms with van der Waals surface area (Å²) < 4.78 is 13.0. The molecule has 0 saturated carbocycles. The minimum atomic E-state index is -0.548. The van der Waals surface area contributed by atoms with Crippen molar-refractivity contribution in [3.8, 4) is 0 Å². The van der Waals surface area contributed by atoms with Gasteiger partial charge in [0.1, 0.15) is 11.9 Å². The molecular weight excluding hydrogens is 317 g/mol. The highest BCUT2D eigenvalue weighted by molar-refractivity contribution is 5.95. The Kier molecular flexibility index (Phi) is 5.49. The lowest BCUT2D eigenvalue weighted by Crippen LogP contribution is -2.33. The second-order valence-corrected chi connectivity index (χ2v) is 5.54. The van der Waals surface area contributed by atoms with Gasteiger partial charge < -0.3 is 5.32 Å². The maximum absolute atomic E-state index is 13.0. The van der Waals surface area contributed by atoms with Crippen LogP contribution >= 0.6 is 0 Å². The van der Waals surface area contributed by atoms with Crippen LogP contribution in [-0.4, -0.2) is 10.9 Å². The number of benzene rings is 2. The second-order valence-electron chi connectivity index (χ2n) is 5.54. The number of pyridine rings is 1. The topological polar surface area (TPSA) is 54.0 Å². The van der Waals surface area contributed by atoms with Crippen LogP contribution in [0.3, 0.4) is 0 Å². The first-order chi connectivity index (χ1) is 12.2. The van der Waals surface area contributed by atoms with Gasteiger partial charge in [-0.3, -0.25) is 15.1 Å². The van der Waals surface area contributed by atoms with E-state index in [1.54, 1.807) is 6.20 Å². The molecule has 25 heavy (non-hydrogen) atoms. The Morgan fingerprint density at radius 3 is 2.36 bits per heavy atom. The zero-order chi connectivity index (χ0) is 17.5. The normalized spacial score (nSPS) is 11.7. The van der Waals surface area contributed by atoms with Crippen LogP contribution in [0.2, 0.25) is 0 Å². The summed E-state index contributed by atoms with van der Waals surface area (Å²) in [6, 6.07) is 20.2. The predicted octanol–water partition coefficient (Wildman–Crippen LogP) is 3.69. The van der Waals surface area contributed by atoms with Gasteiger partial charge in [0.25, 0.3) is 0 Å². The number of anilines is 1. The van der Waals surface area contributed by atoms with Gasteiger partial charge in [0.05, 0.1) is 5.69 Å². The second kappa shape index (κ2) is 8.17. The van der Waals surface area contributed by atoms with E-state index < -0.39 is 6.04 Å². The first kappa shape index (κ1) is 16.8. The summed E-state index contributed by atoms with van der Waals surface area (Å²) in [6.45, 7) is 0.456. The maximum atomic E-state index is 13.0. The van der Waals surface area contributed by atoms with Gasteiger partial charge in [-0.1, -0.05) is 36.4 Å². The SMILES string of the molecule is O=C(Nc1ccc(F)cc1)[C@@H](NCc1ccccn1)c1ccccc1. The Morgan fingerprint density at radius 2 is 1.68 bits per heavy atom. The van der Waals surface area contributed by atoms with Crippen molar-refractivity contribution >= 4 is 11.6 Å². The Morgan fingerprint density at radius 1 is 0.960 bits per heavy atom. The molecule has 0 spiro atoms. The first-order valence-electron chi connectivity index (χ1n) is 7.97. The zero-order valence-electron chi connectivity index (χ0n) is 13.5. The molecule has 4 nitrogen and oxygen atoms in total. The fourth-order valence-electron chi connectivity index (χ4n) is 2.46. The molecule has 3 rings (SSSR count). The van der Waals surface area contributed by atoms with E-state index in [-0.39, 0.29) is 11.7 Å². The van der Waals surface area contributed by atoms with Crippen molar-refractivity contribution in [3.63, 3.8) is 0 Å². The van der Waals surface area contributed by atoms with Crippen molar-refractivity contribution < 1.29 is 9.18 Å². The number of rotatable bonds is 6. The Hall–Kier alpha value is -3.05. The Balaban J connectivity index is 1.75. The Bertz CT molecular complexity index is 807. The molecule has 2 aromatic carbocycles. The van der Waals surface area contributed by atoms with Crippen LogP contribution in [0.5, 0.6) is 0 Å². The van der Waals surface area contributed by atoms with E-state index in [2.05, 4.69) is 15.6 Å². The molecule has 0 radical (unpaired) electrons. The molecule has 0 fully saturated rings. The number of hydrogen-bond acceptors (Lipinski definition) is 3. The van der Waals surface area contributed by atoms with Crippen molar-refractivity contribution in [2.24, 2.45) is 0 Å². The number of halogens is 1. The number of carbonyl (C=O) groups is 1. The molecule has 126 valence electrons. The summed E-state index contributed by atoms with van der Waals surface area (Å²) in [6.07, 6.45) is 1.72. The fourth-order valence-corrected chi connectivity index (χ4v) is 2.46. The summed E-state index contributed by atoms with van der Waals surface area (Å²) in [5, 5.41) is 6.05. The Labute approximate surface area is 145 Å². The van der Waals surface area contributed by atoms with E-state index in [1.165, 1.54) is 24.3 Å². The molecular formula is C20H18FN3O. The van der Waals surface area contributed by atoms with Crippen LogP contribution in [0.25, 0.3) is 0 Å². The van der Waals surface area contributed by atoms with Gasteiger partial charge in [-0.2, -0.15) is 0 Å². The number of carbonyl (C=O) groups excluding carboxylic acids is 1. The van der Waals surface area contributed by atoms with Gasteiger partial charge in [0, 0.05) is 18.4 Å². The van der Waals surface area contributed by atoms with Gasteiger partial charge in [0.15, 0.2) is 0 Å². The molecule has 0 unspecified atom stereocenters. The van der Waals surface area contributed by atoms with E-state index in [1.807, 2.05) is 48.5 Å². The largest absolute Gasteiger partial charge is 0.324 e. The minimum Gasteiger partial charge on any atom is -0.324 e. The number of hydrogen-bond donors (Lipinski definition) is 2. The van der Waals surface area contributed by atoms with Gasteiger partial charge in [-0.25, -0.2) is 4.39 Å². The lowest BCUT2D eigenvalue weighted by molar-refractivity contribution is -0.118. The number of nitrogens with one attached hydrogen (secondary N) is 2. The van der Waals surface area contributed by atoms with Crippen LogP contribution in [0.15, 0.2) is 79.0 Å². The smallest absolute Gasteiger partial charge is 0.246 e. The first-order valence-corrected chi connectivity index (χ1v) is 7.97. The van der Waals surface area contributed by atoms with Crippen LogP contribution in [0, 0.1) is 5.82 Å². The average Bonchev–Trinajstić information content (AvgIpc) is 2.65. The standard InChI is InChI=1S/C20H18FN3O/c21-16-9-11-17(12-10-16)24-20(25)19(15-6-2-1-3-7-15)23-14-18-8-4-5-13-22-18/h1-13,19,23H,14H2,(H,24,25)/t19-/m0/s1. The molecule has 0 aliphatic rings. The van der Waals surface area contributed by atoms with Crippen LogP contribution in [0.1, 0.15) is 17.3 Å². The molecule has 0 saturated heterocycles. The predicted molar refractivity (Wildman–Crippen MR) is 95.3 cm³/mol. The highest BCUT2D eigenvalue weighted by atomic mass is 19.1. The number of amides is 1. The summed E-state index contributed by atoms with van der Waals surface area (Å²) in [7, 11) is 0.